The average molecular weight is 1050 g/mol. The number of benzene rings is 2. The second-order valence-electron chi connectivity index (χ2n) is 19.2. The van der Waals surface area contributed by atoms with Crippen LogP contribution in [0.1, 0.15) is 83.0 Å². The van der Waals surface area contributed by atoms with Gasteiger partial charge in [0.25, 0.3) is 0 Å². The molecule has 0 aliphatic carbocycles. The number of hydrogen-bond donors (Lipinski definition) is 13. The monoisotopic (exact) mass is 1050 g/mol. The molecule has 408 valence electrons. The third kappa shape index (κ3) is 19.4. The Balaban J connectivity index is 1.59. The molecule has 8 atom stereocenters. The highest BCUT2D eigenvalue weighted by Gasteiger charge is 2.40. The third-order valence-electron chi connectivity index (χ3n) is 12.2. The van der Waals surface area contributed by atoms with Crippen LogP contribution in [-0.4, -0.2) is 151 Å². The number of likely N-dealkylation sites (tertiary alicyclic amines) is 1. The minimum atomic E-state index is -1.51. The molecule has 75 heavy (non-hydrogen) atoms. The summed E-state index contributed by atoms with van der Waals surface area (Å²) in [5.41, 5.74) is 18.2. The van der Waals surface area contributed by atoms with Gasteiger partial charge in [-0.25, -0.2) is 9.78 Å². The molecular formula is C50H71N13O12. The highest BCUT2D eigenvalue weighted by Crippen LogP contribution is 2.21. The second-order valence-corrected chi connectivity index (χ2v) is 19.2. The van der Waals surface area contributed by atoms with Gasteiger partial charge in [0, 0.05) is 44.2 Å². The normalized spacial score (nSPS) is 16.0. The summed E-state index contributed by atoms with van der Waals surface area (Å²) < 4.78 is 0. The van der Waals surface area contributed by atoms with Crippen molar-refractivity contribution in [1.29, 1.82) is 0 Å². The van der Waals surface area contributed by atoms with E-state index >= 15 is 0 Å². The van der Waals surface area contributed by atoms with Crippen molar-refractivity contribution in [2.45, 2.75) is 134 Å². The zero-order valence-electron chi connectivity index (χ0n) is 42.5. The lowest BCUT2D eigenvalue weighted by atomic mass is 9.98. The topological polar surface area (TPSA) is 409 Å². The summed E-state index contributed by atoms with van der Waals surface area (Å²) in [6, 6.07) is 3.97. The van der Waals surface area contributed by atoms with Crippen molar-refractivity contribution in [3.63, 3.8) is 0 Å². The smallest absolute Gasteiger partial charge is 0.326 e. The Bertz CT molecular complexity index is 2450. The van der Waals surface area contributed by atoms with E-state index < -0.39 is 114 Å². The van der Waals surface area contributed by atoms with E-state index in [0.29, 0.717) is 23.2 Å². The van der Waals surface area contributed by atoms with Crippen molar-refractivity contribution in [1.82, 2.24) is 46.8 Å². The van der Waals surface area contributed by atoms with Crippen LogP contribution in [0.25, 0.3) is 0 Å². The maximum atomic E-state index is 14.5. The quantitative estimate of drug-likeness (QED) is 0.0218. The minimum absolute atomic E-state index is 0.00187. The highest BCUT2D eigenvalue weighted by molar-refractivity contribution is 5.98. The number of aromatic hydroxyl groups is 1. The van der Waals surface area contributed by atoms with E-state index in [0.717, 1.165) is 0 Å². The number of carboxylic acids is 2. The van der Waals surface area contributed by atoms with Gasteiger partial charge < -0.3 is 74.3 Å². The Kier molecular flexibility index (Phi) is 23.0. The predicted octanol–water partition coefficient (Wildman–Crippen LogP) is -1.31. The number of carbonyl (C=O) groups excluding carboxylic acids is 7. The van der Waals surface area contributed by atoms with E-state index in [1.54, 1.807) is 58.0 Å². The first-order chi connectivity index (χ1) is 35.5. The van der Waals surface area contributed by atoms with Gasteiger partial charge in [-0.2, -0.15) is 0 Å². The number of amides is 7. The number of carboxylic acid groups (broad SMARTS) is 2. The largest absolute Gasteiger partial charge is 0.508 e. The Hall–Kier alpha value is -8.09. The van der Waals surface area contributed by atoms with E-state index in [4.69, 9.17) is 17.2 Å². The molecule has 0 spiro atoms. The minimum Gasteiger partial charge on any atom is -0.508 e. The summed E-state index contributed by atoms with van der Waals surface area (Å²) >= 11 is 0. The first-order valence-electron chi connectivity index (χ1n) is 24.7. The molecule has 1 saturated heterocycles. The fourth-order valence-corrected chi connectivity index (χ4v) is 8.34. The molecule has 0 radical (unpaired) electrons. The van der Waals surface area contributed by atoms with Gasteiger partial charge >= 0.3 is 11.9 Å². The molecule has 0 bridgehead atoms. The molecule has 7 amide bonds. The number of aromatic nitrogens is 2. The van der Waals surface area contributed by atoms with Gasteiger partial charge in [0.15, 0.2) is 5.96 Å². The summed E-state index contributed by atoms with van der Waals surface area (Å²) in [4.78, 5) is 134. The first kappa shape index (κ1) is 59.5. The van der Waals surface area contributed by atoms with Crippen LogP contribution in [0.2, 0.25) is 0 Å². The number of nitrogens with zero attached hydrogens (tertiary/aromatic N) is 3. The number of nitrogens with one attached hydrogen (secondary N) is 7. The van der Waals surface area contributed by atoms with E-state index in [1.807, 2.05) is 0 Å². The summed E-state index contributed by atoms with van der Waals surface area (Å²) in [7, 11) is 0. The zero-order chi connectivity index (χ0) is 55.4. The molecule has 1 fully saturated rings. The number of aliphatic imine (C=N–C) groups is 1. The van der Waals surface area contributed by atoms with E-state index in [-0.39, 0.29) is 75.7 Å². The summed E-state index contributed by atoms with van der Waals surface area (Å²) in [5.74, 6) is -9.29. The van der Waals surface area contributed by atoms with Crippen molar-refractivity contribution < 1.29 is 58.5 Å². The predicted molar refractivity (Wildman–Crippen MR) is 273 cm³/mol. The molecule has 25 heteroatoms. The molecule has 1 aliphatic heterocycles. The van der Waals surface area contributed by atoms with Crippen LogP contribution in [0.5, 0.6) is 5.75 Å². The van der Waals surface area contributed by atoms with E-state index in [2.05, 4.69) is 46.9 Å². The number of nitrogens with two attached hydrogens (primary N) is 3. The maximum Gasteiger partial charge on any atom is 0.326 e. The molecule has 25 nitrogen and oxygen atoms in total. The van der Waals surface area contributed by atoms with E-state index in [1.165, 1.54) is 41.7 Å². The SMILES string of the molecule is CC(C)CC(NC(=O)C(Cc1ccc(O)cc1)NC(=O)C(NC(=O)C(CCCN=C(N)N)NC(=O)C(N)CC(=O)O)C(C)C)C(=O)NC(Cc1cnc[nH]1)C(=O)N1CCCC1C(=O)NC(Cc1ccccc1)C(=O)O. The number of carbonyl (C=O) groups is 9. The molecule has 2 aromatic carbocycles. The summed E-state index contributed by atoms with van der Waals surface area (Å²) in [6.45, 7) is 7.03. The zero-order valence-corrected chi connectivity index (χ0v) is 42.5. The number of aliphatic carboxylic acids is 2. The van der Waals surface area contributed by atoms with Crippen LogP contribution in [0.3, 0.4) is 0 Å². The molecule has 16 N–H and O–H groups in total. The Labute approximate surface area is 434 Å². The van der Waals surface area contributed by atoms with E-state index in [9.17, 15) is 58.5 Å². The lowest BCUT2D eigenvalue weighted by molar-refractivity contribution is -0.145. The van der Waals surface area contributed by atoms with Crippen LogP contribution in [0, 0.1) is 11.8 Å². The lowest BCUT2D eigenvalue weighted by Crippen LogP contribution is -2.61. The number of rotatable bonds is 29. The molecule has 8 unspecified atom stereocenters. The van der Waals surface area contributed by atoms with Crippen LogP contribution < -0.4 is 49.1 Å². The van der Waals surface area contributed by atoms with Crippen molar-refractivity contribution >= 4 is 59.2 Å². The Morgan fingerprint density at radius 2 is 1.33 bits per heavy atom. The molecule has 3 aromatic rings. The number of hydrogen-bond acceptors (Lipinski definition) is 13. The number of H-pyrrole nitrogens is 1. The average Bonchev–Trinajstić information content (AvgIpc) is 4.07. The van der Waals surface area contributed by atoms with Gasteiger partial charge in [-0.15, -0.1) is 0 Å². The van der Waals surface area contributed by atoms with Gasteiger partial charge in [0.1, 0.15) is 48.0 Å². The number of guanidine groups is 1. The fourth-order valence-electron chi connectivity index (χ4n) is 8.34. The van der Waals surface area contributed by atoms with Crippen LogP contribution >= 0.6 is 0 Å². The second kappa shape index (κ2) is 29.0. The maximum absolute atomic E-state index is 14.5. The van der Waals surface area contributed by atoms with Gasteiger partial charge in [0.05, 0.1) is 18.8 Å². The fraction of sp³-hybridized carbons (Fsp3) is 0.500. The van der Waals surface area contributed by atoms with Gasteiger partial charge in [-0.05, 0) is 67.2 Å². The number of imidazole rings is 1. The molecule has 4 rings (SSSR count). The van der Waals surface area contributed by atoms with Gasteiger partial charge in [-0.3, -0.25) is 43.3 Å². The van der Waals surface area contributed by atoms with Crippen molar-refractivity contribution in [3.05, 3.63) is 83.9 Å². The highest BCUT2D eigenvalue weighted by atomic mass is 16.4. The standard InChI is InChI=1S/C50H71N13O12/c1-27(2)20-35(44(69)60-37(23-31-25-54-26-56-31)48(73)63-19-9-13-39(63)46(71)61-38(49(74)75)22-29-10-6-5-7-11-29)58-45(70)36(21-30-14-16-32(64)17-15-30)59-47(72)41(28(3)4)62-43(68)34(12-8-18-55-50(52)53)57-42(67)33(51)24-40(65)66/h5-7,10-11,14-17,25-28,33-39,41,64H,8-9,12-13,18-24,51H2,1-4H3,(H,54,56)(H,57,67)(H,58,70)(H,59,72)(H,60,69)(H,61,71)(H,62,68)(H,65,66)(H,74,75)(H4,52,53,55). The van der Waals surface area contributed by atoms with Gasteiger partial charge in [-0.1, -0.05) is 70.2 Å². The van der Waals surface area contributed by atoms with Crippen molar-refractivity contribution in [2.24, 2.45) is 34.0 Å². The van der Waals surface area contributed by atoms with Crippen LogP contribution in [0.15, 0.2) is 72.1 Å². The summed E-state index contributed by atoms with van der Waals surface area (Å²) in [5, 5.41) is 45.1. The number of aromatic amines is 1. The van der Waals surface area contributed by atoms with Crippen LogP contribution in [0.4, 0.5) is 0 Å². The van der Waals surface area contributed by atoms with Crippen molar-refractivity contribution in [2.75, 3.05) is 13.1 Å². The molecule has 1 aliphatic rings. The molecular weight excluding hydrogens is 975 g/mol. The van der Waals surface area contributed by atoms with Gasteiger partial charge in [0.2, 0.25) is 41.4 Å². The number of phenolic OH excluding ortho intramolecular Hbond substituents is 1. The molecule has 0 saturated carbocycles. The van der Waals surface area contributed by atoms with Crippen LogP contribution in [-0.2, 0) is 62.4 Å². The summed E-state index contributed by atoms with van der Waals surface area (Å²) in [6.07, 6.45) is 2.62. The third-order valence-corrected chi connectivity index (χ3v) is 12.2. The van der Waals surface area contributed by atoms with Crippen molar-refractivity contribution in [3.8, 4) is 5.75 Å². The molecule has 2 heterocycles. The lowest BCUT2D eigenvalue weighted by Gasteiger charge is -2.31. The Morgan fingerprint density at radius 3 is 1.93 bits per heavy atom. The molecule has 1 aromatic heterocycles. The number of phenols is 1. The first-order valence-corrected chi connectivity index (χ1v) is 24.7. The Morgan fingerprint density at radius 1 is 0.733 bits per heavy atom.